The predicted octanol–water partition coefficient (Wildman–Crippen LogP) is 2.87. The van der Waals surface area contributed by atoms with Crippen LogP contribution in [-0.2, 0) is 9.47 Å². The van der Waals surface area contributed by atoms with E-state index in [2.05, 4.69) is 5.32 Å². The lowest BCUT2D eigenvalue weighted by molar-refractivity contribution is 0.0490. The van der Waals surface area contributed by atoms with Crippen LogP contribution in [0.5, 0.6) is 0 Å². The zero-order valence-corrected chi connectivity index (χ0v) is 14.7. The van der Waals surface area contributed by atoms with Crippen molar-refractivity contribution < 1.29 is 19.1 Å². The lowest BCUT2D eigenvalue weighted by atomic mass is 10.2. The van der Waals surface area contributed by atoms with Gasteiger partial charge in [0.2, 0.25) is 0 Å². The van der Waals surface area contributed by atoms with Crippen molar-refractivity contribution >= 4 is 46.0 Å². The largest absolute Gasteiger partial charge is 0.464 e. The van der Waals surface area contributed by atoms with E-state index in [0.717, 1.165) is 0 Å². The molecule has 0 aliphatic heterocycles. The third-order valence-corrected chi connectivity index (χ3v) is 3.14. The highest BCUT2D eigenvalue weighted by Crippen LogP contribution is 2.25. The Labute approximate surface area is 144 Å². The summed E-state index contributed by atoms with van der Waals surface area (Å²) in [6.07, 6.45) is -0.676. The molecule has 2 aromatic rings. The average Bonchev–Trinajstić information content (AvgIpc) is 2.82. The molecule has 2 rings (SSSR count). The number of nitrogens with two attached hydrogens (primary N) is 1. The Balaban J connectivity index is 2.63. The Kier molecular flexibility index (Phi) is 4.79. The minimum atomic E-state index is -0.713. The number of hydrogen-bond donors (Lipinski definition) is 2. The van der Waals surface area contributed by atoms with Crippen molar-refractivity contribution in [1.82, 2.24) is 4.57 Å². The fourth-order valence-corrected chi connectivity index (χ4v) is 2.30. The topological polar surface area (TPSA) is 95.6 Å². The van der Waals surface area contributed by atoms with Gasteiger partial charge >= 0.3 is 12.1 Å². The summed E-state index contributed by atoms with van der Waals surface area (Å²) in [5.74, 6) is -0.638. The first kappa shape index (κ1) is 17.7. The van der Waals surface area contributed by atoms with E-state index in [1.165, 1.54) is 11.7 Å². The standard InChI is InChI=1S/C16H19N3O4S/c1-16(2,3)23-15(21)19-11-8-10(18-14(17)24)6-5-9(11)7-12(19)13(20)22-4/h5-8H,1-4H3,(H3,17,18,24). The highest BCUT2D eigenvalue weighted by molar-refractivity contribution is 7.80. The Morgan fingerprint density at radius 3 is 2.46 bits per heavy atom. The fraction of sp³-hybridized carbons (Fsp3) is 0.312. The number of hydrogen-bond acceptors (Lipinski definition) is 5. The summed E-state index contributed by atoms with van der Waals surface area (Å²) in [4.78, 5) is 24.6. The van der Waals surface area contributed by atoms with Crippen molar-refractivity contribution in [2.75, 3.05) is 12.4 Å². The molecule has 3 N–H and O–H groups in total. The number of aromatic nitrogens is 1. The van der Waals surface area contributed by atoms with Crippen LogP contribution in [0.4, 0.5) is 10.5 Å². The first-order valence-electron chi connectivity index (χ1n) is 7.16. The fourth-order valence-electron chi connectivity index (χ4n) is 2.18. The van der Waals surface area contributed by atoms with Crippen LogP contribution in [0.3, 0.4) is 0 Å². The van der Waals surface area contributed by atoms with Crippen molar-refractivity contribution in [2.24, 2.45) is 5.73 Å². The molecule has 128 valence electrons. The number of esters is 1. The molecule has 7 nitrogen and oxygen atoms in total. The third kappa shape index (κ3) is 3.83. The molecule has 0 aliphatic carbocycles. The molecule has 0 amide bonds. The van der Waals surface area contributed by atoms with E-state index in [4.69, 9.17) is 27.4 Å². The number of carbonyl (C=O) groups is 2. The number of nitrogens with one attached hydrogen (secondary N) is 1. The van der Waals surface area contributed by atoms with Crippen LogP contribution in [0.25, 0.3) is 10.9 Å². The maximum Gasteiger partial charge on any atom is 0.419 e. The molecule has 1 aromatic heterocycles. The maximum absolute atomic E-state index is 12.6. The Hall–Kier alpha value is -2.61. The molecule has 0 bridgehead atoms. The van der Waals surface area contributed by atoms with Gasteiger partial charge in [-0.05, 0) is 51.2 Å². The van der Waals surface area contributed by atoms with Crippen molar-refractivity contribution in [3.05, 3.63) is 30.0 Å². The van der Waals surface area contributed by atoms with Gasteiger partial charge in [0.15, 0.2) is 5.11 Å². The molecule has 1 aromatic carbocycles. The summed E-state index contributed by atoms with van der Waals surface area (Å²) >= 11 is 4.82. The quantitative estimate of drug-likeness (QED) is 0.636. The van der Waals surface area contributed by atoms with Gasteiger partial charge in [-0.3, -0.25) is 0 Å². The summed E-state index contributed by atoms with van der Waals surface area (Å²) in [6, 6.07) is 6.70. The summed E-state index contributed by atoms with van der Waals surface area (Å²) < 4.78 is 11.3. The van der Waals surface area contributed by atoms with Gasteiger partial charge in [0.1, 0.15) is 11.3 Å². The van der Waals surface area contributed by atoms with Gasteiger partial charge in [0.25, 0.3) is 0 Å². The number of thiocarbonyl (C=S) groups is 1. The number of methoxy groups -OCH3 is 1. The molecule has 0 fully saturated rings. The van der Waals surface area contributed by atoms with Crippen LogP contribution in [0.2, 0.25) is 0 Å². The minimum Gasteiger partial charge on any atom is -0.464 e. The van der Waals surface area contributed by atoms with Crippen molar-refractivity contribution in [3.63, 3.8) is 0 Å². The van der Waals surface area contributed by atoms with Crippen molar-refractivity contribution in [1.29, 1.82) is 0 Å². The molecule has 0 aliphatic rings. The number of anilines is 1. The molecule has 1 heterocycles. The second-order valence-electron chi connectivity index (χ2n) is 6.10. The average molecular weight is 349 g/mol. The third-order valence-electron chi connectivity index (χ3n) is 3.04. The first-order valence-corrected chi connectivity index (χ1v) is 7.57. The summed E-state index contributed by atoms with van der Waals surface area (Å²) in [5, 5.41) is 3.56. The molecule has 0 atom stereocenters. The van der Waals surface area contributed by atoms with E-state index < -0.39 is 17.7 Å². The Bertz CT molecular complexity index is 821. The Morgan fingerprint density at radius 2 is 1.92 bits per heavy atom. The van der Waals surface area contributed by atoms with Gasteiger partial charge in [0.05, 0.1) is 12.6 Å². The van der Waals surface area contributed by atoms with E-state index >= 15 is 0 Å². The molecule has 0 radical (unpaired) electrons. The molecule has 0 saturated carbocycles. The minimum absolute atomic E-state index is 0.0780. The molecular weight excluding hydrogens is 330 g/mol. The highest BCUT2D eigenvalue weighted by Gasteiger charge is 2.25. The smallest absolute Gasteiger partial charge is 0.419 e. The highest BCUT2D eigenvalue weighted by atomic mass is 32.1. The van der Waals surface area contributed by atoms with Gasteiger partial charge < -0.3 is 20.5 Å². The van der Waals surface area contributed by atoms with E-state index in [1.807, 2.05) is 0 Å². The second-order valence-corrected chi connectivity index (χ2v) is 6.54. The number of carbonyl (C=O) groups excluding carboxylic acids is 2. The summed E-state index contributed by atoms with van der Waals surface area (Å²) in [7, 11) is 1.25. The van der Waals surface area contributed by atoms with Crippen LogP contribution in [0, 0.1) is 0 Å². The zero-order chi connectivity index (χ0) is 18.1. The van der Waals surface area contributed by atoms with Gasteiger partial charge in [-0.25, -0.2) is 14.2 Å². The van der Waals surface area contributed by atoms with Crippen molar-refractivity contribution in [3.8, 4) is 0 Å². The molecule has 0 spiro atoms. The van der Waals surface area contributed by atoms with Crippen LogP contribution in [0.1, 0.15) is 31.3 Å². The second kappa shape index (κ2) is 6.48. The van der Waals surface area contributed by atoms with Gasteiger partial charge in [0, 0.05) is 11.1 Å². The maximum atomic E-state index is 12.6. The van der Waals surface area contributed by atoms with E-state index in [-0.39, 0.29) is 10.8 Å². The number of benzene rings is 1. The predicted molar refractivity (Wildman–Crippen MR) is 95.3 cm³/mol. The molecule has 0 saturated heterocycles. The van der Waals surface area contributed by atoms with E-state index in [9.17, 15) is 9.59 Å². The van der Waals surface area contributed by atoms with Gasteiger partial charge in [-0.1, -0.05) is 6.07 Å². The van der Waals surface area contributed by atoms with E-state index in [1.54, 1.807) is 45.0 Å². The lowest BCUT2D eigenvalue weighted by Gasteiger charge is -2.20. The number of rotatable bonds is 2. The summed E-state index contributed by atoms with van der Waals surface area (Å²) in [6.45, 7) is 5.23. The lowest BCUT2D eigenvalue weighted by Crippen LogP contribution is -2.29. The monoisotopic (exact) mass is 349 g/mol. The normalized spacial score (nSPS) is 11.2. The summed E-state index contributed by atoms with van der Waals surface area (Å²) in [5.41, 5.74) is 5.91. The van der Waals surface area contributed by atoms with Crippen LogP contribution >= 0.6 is 12.2 Å². The number of ether oxygens (including phenoxy) is 2. The molecule has 0 unspecified atom stereocenters. The van der Waals surface area contributed by atoms with Crippen LogP contribution in [0.15, 0.2) is 24.3 Å². The number of nitrogens with zero attached hydrogens (tertiary/aromatic N) is 1. The molecule has 24 heavy (non-hydrogen) atoms. The van der Waals surface area contributed by atoms with Gasteiger partial charge in [-0.2, -0.15) is 0 Å². The molecule has 8 heteroatoms. The van der Waals surface area contributed by atoms with E-state index in [0.29, 0.717) is 16.6 Å². The first-order chi connectivity index (χ1) is 11.1. The number of fused-ring (bicyclic) bond motifs is 1. The van der Waals surface area contributed by atoms with Crippen LogP contribution < -0.4 is 11.1 Å². The van der Waals surface area contributed by atoms with Gasteiger partial charge in [-0.15, -0.1) is 0 Å². The SMILES string of the molecule is COC(=O)c1cc2ccc(NC(N)=S)cc2n1C(=O)OC(C)(C)C. The van der Waals surface area contributed by atoms with Crippen LogP contribution in [-0.4, -0.2) is 34.5 Å². The zero-order valence-electron chi connectivity index (χ0n) is 13.9. The Morgan fingerprint density at radius 1 is 1.25 bits per heavy atom. The van der Waals surface area contributed by atoms with Crippen molar-refractivity contribution in [2.45, 2.75) is 26.4 Å². The molecular formula is C16H19N3O4S.